The third-order valence-electron chi connectivity index (χ3n) is 2.32. The quantitative estimate of drug-likeness (QED) is 0.513. The highest BCUT2D eigenvalue weighted by molar-refractivity contribution is 7.80. The highest BCUT2D eigenvalue weighted by Gasteiger charge is 2.14. The van der Waals surface area contributed by atoms with Gasteiger partial charge in [0.05, 0.1) is 16.8 Å². The predicted molar refractivity (Wildman–Crippen MR) is 82.2 cm³/mol. The van der Waals surface area contributed by atoms with Crippen LogP contribution >= 0.6 is 23.8 Å². The van der Waals surface area contributed by atoms with Crippen molar-refractivity contribution < 1.29 is 4.92 Å². The number of halogens is 1. The molecular formula is C12H9ClN4O2S. The van der Waals surface area contributed by atoms with Gasteiger partial charge >= 0.3 is 0 Å². The molecule has 0 amide bonds. The molecule has 0 bridgehead atoms. The zero-order valence-electron chi connectivity index (χ0n) is 10.0. The van der Waals surface area contributed by atoms with E-state index in [0.29, 0.717) is 10.7 Å². The van der Waals surface area contributed by atoms with Gasteiger partial charge in [-0.15, -0.1) is 0 Å². The lowest BCUT2D eigenvalue weighted by Gasteiger charge is -2.10. The molecule has 1 aromatic heterocycles. The Kier molecular flexibility index (Phi) is 4.44. The lowest BCUT2D eigenvalue weighted by molar-refractivity contribution is -0.383. The average molecular weight is 309 g/mol. The second-order valence-electron chi connectivity index (χ2n) is 3.74. The van der Waals surface area contributed by atoms with E-state index in [0.717, 1.165) is 0 Å². The highest BCUT2D eigenvalue weighted by atomic mass is 35.5. The molecule has 1 aromatic carbocycles. The minimum absolute atomic E-state index is 0.107. The van der Waals surface area contributed by atoms with Gasteiger partial charge in [-0.1, -0.05) is 11.6 Å². The zero-order chi connectivity index (χ0) is 14.5. The van der Waals surface area contributed by atoms with E-state index in [1.54, 1.807) is 24.5 Å². The van der Waals surface area contributed by atoms with Crippen LogP contribution in [0.4, 0.5) is 17.1 Å². The molecule has 0 saturated heterocycles. The van der Waals surface area contributed by atoms with E-state index in [4.69, 9.17) is 23.8 Å². The SMILES string of the molecule is O=[N+]([O-])c1ccc(Cl)cc1NC(=S)Nc1cccnc1. The van der Waals surface area contributed by atoms with Crippen molar-refractivity contribution in [2.45, 2.75) is 0 Å². The Morgan fingerprint density at radius 3 is 2.80 bits per heavy atom. The van der Waals surface area contributed by atoms with Gasteiger partial charge < -0.3 is 10.6 Å². The zero-order valence-corrected chi connectivity index (χ0v) is 11.6. The second-order valence-corrected chi connectivity index (χ2v) is 4.58. The van der Waals surface area contributed by atoms with E-state index >= 15 is 0 Å². The number of rotatable bonds is 3. The topological polar surface area (TPSA) is 80.1 Å². The van der Waals surface area contributed by atoms with Crippen molar-refractivity contribution >= 4 is 46.0 Å². The molecule has 8 heteroatoms. The van der Waals surface area contributed by atoms with E-state index < -0.39 is 4.92 Å². The van der Waals surface area contributed by atoms with Crippen LogP contribution in [0.1, 0.15) is 0 Å². The standard InChI is InChI=1S/C12H9ClN4O2S/c13-8-3-4-11(17(18)19)10(6-8)16-12(20)15-9-2-1-5-14-7-9/h1-7H,(H2,15,16,20). The van der Waals surface area contributed by atoms with Gasteiger partial charge in [-0.3, -0.25) is 15.1 Å². The summed E-state index contributed by atoms with van der Waals surface area (Å²) in [4.78, 5) is 14.3. The molecule has 20 heavy (non-hydrogen) atoms. The first-order valence-electron chi connectivity index (χ1n) is 5.48. The Balaban J connectivity index is 2.15. The van der Waals surface area contributed by atoms with Crippen molar-refractivity contribution in [2.24, 2.45) is 0 Å². The number of hydrogen-bond acceptors (Lipinski definition) is 4. The lowest BCUT2D eigenvalue weighted by Crippen LogP contribution is -2.19. The van der Waals surface area contributed by atoms with Crippen LogP contribution in [0.5, 0.6) is 0 Å². The number of hydrogen-bond donors (Lipinski definition) is 2. The predicted octanol–water partition coefficient (Wildman–Crippen LogP) is 3.45. The first-order valence-corrected chi connectivity index (χ1v) is 6.27. The second kappa shape index (κ2) is 6.27. The smallest absolute Gasteiger partial charge is 0.292 e. The van der Waals surface area contributed by atoms with Crippen LogP contribution in [0, 0.1) is 10.1 Å². The number of aromatic nitrogens is 1. The number of nitro benzene ring substituents is 1. The molecule has 0 unspecified atom stereocenters. The van der Waals surface area contributed by atoms with Crippen molar-refractivity contribution in [3.05, 3.63) is 57.9 Å². The molecule has 0 fully saturated rings. The molecule has 6 nitrogen and oxygen atoms in total. The molecule has 0 aliphatic heterocycles. The summed E-state index contributed by atoms with van der Waals surface area (Å²) in [5.41, 5.74) is 0.795. The fraction of sp³-hybridized carbons (Fsp3) is 0. The van der Waals surface area contributed by atoms with Gasteiger partial charge in [-0.25, -0.2) is 0 Å². The number of nitro groups is 1. The van der Waals surface area contributed by atoms with Gasteiger partial charge in [0.15, 0.2) is 5.11 Å². The van der Waals surface area contributed by atoms with Crippen molar-refractivity contribution in [2.75, 3.05) is 10.6 Å². The van der Waals surface area contributed by atoms with Crippen LogP contribution in [0.3, 0.4) is 0 Å². The fourth-order valence-electron chi connectivity index (χ4n) is 1.49. The number of nitrogens with zero attached hydrogens (tertiary/aromatic N) is 2. The number of benzene rings is 1. The molecule has 2 aromatic rings. The Morgan fingerprint density at radius 1 is 1.35 bits per heavy atom. The van der Waals surface area contributed by atoms with Crippen molar-refractivity contribution in [1.29, 1.82) is 0 Å². The number of nitrogens with one attached hydrogen (secondary N) is 2. The summed E-state index contributed by atoms with van der Waals surface area (Å²) in [7, 11) is 0. The van der Waals surface area contributed by atoms with Crippen LogP contribution in [-0.2, 0) is 0 Å². The van der Waals surface area contributed by atoms with Crippen molar-refractivity contribution in [3.8, 4) is 0 Å². The Labute approximate surface area is 124 Å². The van der Waals surface area contributed by atoms with Gasteiger partial charge in [0.2, 0.25) is 0 Å². The van der Waals surface area contributed by atoms with Gasteiger partial charge in [0.25, 0.3) is 5.69 Å². The largest absolute Gasteiger partial charge is 0.331 e. The minimum atomic E-state index is -0.509. The minimum Gasteiger partial charge on any atom is -0.331 e. The molecule has 0 aliphatic rings. The maximum atomic E-state index is 10.9. The third kappa shape index (κ3) is 3.62. The number of pyridine rings is 1. The Hall–Kier alpha value is -2.25. The number of anilines is 2. The molecule has 0 aliphatic carbocycles. The summed E-state index contributed by atoms with van der Waals surface area (Å²) >= 11 is 10.9. The van der Waals surface area contributed by atoms with Crippen LogP contribution in [0.25, 0.3) is 0 Å². The summed E-state index contributed by atoms with van der Waals surface area (Å²) in [6, 6.07) is 7.72. The molecule has 2 rings (SSSR count). The van der Waals surface area contributed by atoms with E-state index in [1.807, 2.05) is 0 Å². The van der Waals surface area contributed by atoms with Gasteiger partial charge in [-0.2, -0.15) is 0 Å². The summed E-state index contributed by atoms with van der Waals surface area (Å²) in [6.45, 7) is 0. The van der Waals surface area contributed by atoms with Gasteiger partial charge in [0.1, 0.15) is 5.69 Å². The van der Waals surface area contributed by atoms with Gasteiger partial charge in [0, 0.05) is 17.3 Å². The van der Waals surface area contributed by atoms with E-state index in [-0.39, 0.29) is 16.5 Å². The monoisotopic (exact) mass is 308 g/mol. The van der Waals surface area contributed by atoms with E-state index in [1.165, 1.54) is 18.2 Å². The fourth-order valence-corrected chi connectivity index (χ4v) is 1.89. The average Bonchev–Trinajstić information content (AvgIpc) is 2.39. The van der Waals surface area contributed by atoms with Crippen LogP contribution < -0.4 is 10.6 Å². The first-order chi connectivity index (χ1) is 9.56. The highest BCUT2D eigenvalue weighted by Crippen LogP contribution is 2.27. The summed E-state index contributed by atoms with van der Waals surface area (Å²) < 4.78 is 0. The molecule has 102 valence electrons. The van der Waals surface area contributed by atoms with Crippen LogP contribution in [-0.4, -0.2) is 15.0 Å². The molecule has 0 atom stereocenters. The maximum Gasteiger partial charge on any atom is 0.292 e. The van der Waals surface area contributed by atoms with Crippen LogP contribution in [0.15, 0.2) is 42.7 Å². The normalized spacial score (nSPS) is 9.85. The molecule has 1 heterocycles. The molecule has 0 spiro atoms. The Morgan fingerprint density at radius 2 is 2.15 bits per heavy atom. The van der Waals surface area contributed by atoms with E-state index in [9.17, 15) is 10.1 Å². The molecular weight excluding hydrogens is 300 g/mol. The van der Waals surface area contributed by atoms with Crippen molar-refractivity contribution in [3.63, 3.8) is 0 Å². The number of thiocarbonyl (C=S) groups is 1. The summed E-state index contributed by atoms with van der Waals surface area (Å²) in [5.74, 6) is 0. The first kappa shape index (κ1) is 14.2. The van der Waals surface area contributed by atoms with Gasteiger partial charge in [-0.05, 0) is 36.5 Å². The third-order valence-corrected chi connectivity index (χ3v) is 2.76. The maximum absolute atomic E-state index is 10.9. The molecule has 0 saturated carbocycles. The summed E-state index contributed by atoms with van der Waals surface area (Å²) in [6.07, 6.45) is 3.21. The Bertz CT molecular complexity index is 651. The summed E-state index contributed by atoms with van der Waals surface area (Å²) in [5, 5.41) is 17.1. The lowest BCUT2D eigenvalue weighted by atomic mass is 10.2. The molecule has 0 radical (unpaired) electrons. The van der Waals surface area contributed by atoms with Crippen molar-refractivity contribution in [1.82, 2.24) is 4.98 Å². The molecule has 2 N–H and O–H groups in total. The van der Waals surface area contributed by atoms with Crippen LogP contribution in [0.2, 0.25) is 5.02 Å². The van der Waals surface area contributed by atoms with E-state index in [2.05, 4.69) is 15.6 Å².